The summed E-state index contributed by atoms with van der Waals surface area (Å²) in [6, 6.07) is 0. The molecule has 1 aliphatic heterocycles. The van der Waals surface area contributed by atoms with Crippen LogP contribution in [0.4, 0.5) is 0 Å². The van der Waals surface area contributed by atoms with Gasteiger partial charge in [0.05, 0.1) is 18.7 Å². The van der Waals surface area contributed by atoms with Gasteiger partial charge in [-0.05, 0) is 26.7 Å². The summed E-state index contributed by atoms with van der Waals surface area (Å²) in [6.07, 6.45) is 1.60. The van der Waals surface area contributed by atoms with Crippen LogP contribution in [0.15, 0.2) is 9.52 Å². The van der Waals surface area contributed by atoms with Crippen LogP contribution in [0, 0.1) is 19.8 Å². The van der Waals surface area contributed by atoms with Gasteiger partial charge < -0.3 is 19.5 Å². The molecule has 1 atom stereocenters. The van der Waals surface area contributed by atoms with Crippen molar-refractivity contribution in [2.45, 2.75) is 39.5 Å². The molecule has 2 rings (SSSR count). The molecule has 7 heteroatoms. The number of aryl methyl sites for hydroxylation is 2. The SMILES string of the molecule is CN=C(NCC(C)c1c(C)noc1C)N1CCC(C(=O)OC)CC1. The van der Waals surface area contributed by atoms with Crippen molar-refractivity contribution in [2.75, 3.05) is 33.8 Å². The number of carbonyl (C=O) groups excluding carboxylic acids is 1. The fourth-order valence-electron chi connectivity index (χ4n) is 3.37. The van der Waals surface area contributed by atoms with Crippen LogP contribution < -0.4 is 5.32 Å². The first-order chi connectivity index (χ1) is 11.5. The molecular weight excluding hydrogens is 308 g/mol. The molecule has 1 saturated heterocycles. The van der Waals surface area contributed by atoms with Gasteiger partial charge in [-0.1, -0.05) is 12.1 Å². The standard InChI is InChI=1S/C17H28N4O3/c1-11(15-12(2)20-24-13(15)3)10-19-17(18-4)21-8-6-14(7-9-21)16(22)23-5/h11,14H,6-10H2,1-5H3,(H,18,19). The third kappa shape index (κ3) is 4.07. The lowest BCUT2D eigenvalue weighted by Gasteiger charge is -2.33. The van der Waals surface area contributed by atoms with Gasteiger partial charge in [0.15, 0.2) is 5.96 Å². The van der Waals surface area contributed by atoms with Gasteiger partial charge in [-0.25, -0.2) is 0 Å². The van der Waals surface area contributed by atoms with Crippen LogP contribution in [0.25, 0.3) is 0 Å². The lowest BCUT2D eigenvalue weighted by atomic mass is 9.97. The maximum atomic E-state index is 11.6. The van der Waals surface area contributed by atoms with Crippen LogP contribution in [0.5, 0.6) is 0 Å². The number of hydrogen-bond acceptors (Lipinski definition) is 5. The minimum absolute atomic E-state index is 0.00517. The molecule has 0 radical (unpaired) electrons. The number of carbonyl (C=O) groups is 1. The molecule has 1 fully saturated rings. The zero-order valence-electron chi connectivity index (χ0n) is 15.3. The van der Waals surface area contributed by atoms with Gasteiger partial charge in [0.2, 0.25) is 0 Å². The first-order valence-corrected chi connectivity index (χ1v) is 8.44. The summed E-state index contributed by atoms with van der Waals surface area (Å²) in [6.45, 7) is 8.42. The molecule has 0 saturated carbocycles. The van der Waals surface area contributed by atoms with Gasteiger partial charge in [0, 0.05) is 38.2 Å². The highest BCUT2D eigenvalue weighted by Gasteiger charge is 2.27. The highest BCUT2D eigenvalue weighted by Crippen LogP contribution is 2.23. The van der Waals surface area contributed by atoms with E-state index in [1.54, 1.807) is 7.05 Å². The molecule has 7 nitrogen and oxygen atoms in total. The highest BCUT2D eigenvalue weighted by atomic mass is 16.5. The molecule has 134 valence electrons. The number of ether oxygens (including phenoxy) is 1. The Morgan fingerprint density at radius 1 is 1.46 bits per heavy atom. The van der Waals surface area contributed by atoms with E-state index in [0.29, 0.717) is 0 Å². The number of aliphatic imine (C=N–C) groups is 1. The van der Waals surface area contributed by atoms with E-state index >= 15 is 0 Å². The Morgan fingerprint density at radius 3 is 2.62 bits per heavy atom. The first kappa shape index (κ1) is 18.3. The number of aromatic nitrogens is 1. The van der Waals surface area contributed by atoms with Crippen LogP contribution in [0.1, 0.15) is 42.7 Å². The number of guanidine groups is 1. The largest absolute Gasteiger partial charge is 0.469 e. The van der Waals surface area contributed by atoms with Crippen LogP contribution in [0.2, 0.25) is 0 Å². The maximum absolute atomic E-state index is 11.6. The predicted octanol–water partition coefficient (Wildman–Crippen LogP) is 1.86. The topological polar surface area (TPSA) is 80.0 Å². The second-order valence-electron chi connectivity index (χ2n) is 6.35. The highest BCUT2D eigenvalue weighted by molar-refractivity contribution is 5.80. The maximum Gasteiger partial charge on any atom is 0.308 e. The van der Waals surface area contributed by atoms with Crippen molar-refractivity contribution in [3.63, 3.8) is 0 Å². The molecule has 1 aromatic heterocycles. The molecule has 1 N–H and O–H groups in total. The van der Waals surface area contributed by atoms with Gasteiger partial charge in [-0.2, -0.15) is 0 Å². The van der Waals surface area contributed by atoms with Crippen molar-refractivity contribution >= 4 is 11.9 Å². The monoisotopic (exact) mass is 336 g/mol. The minimum Gasteiger partial charge on any atom is -0.469 e. The van der Waals surface area contributed by atoms with Crippen molar-refractivity contribution in [3.05, 3.63) is 17.0 Å². The Morgan fingerprint density at radius 2 is 2.12 bits per heavy atom. The van der Waals surface area contributed by atoms with Crippen LogP contribution in [-0.4, -0.2) is 55.8 Å². The Kier molecular flexibility index (Phi) is 6.23. The third-order valence-corrected chi connectivity index (χ3v) is 4.69. The number of likely N-dealkylation sites (tertiary alicyclic amines) is 1. The van der Waals surface area contributed by atoms with E-state index in [1.165, 1.54) is 7.11 Å². The normalized spacial score (nSPS) is 17.7. The van der Waals surface area contributed by atoms with Crippen molar-refractivity contribution in [3.8, 4) is 0 Å². The average molecular weight is 336 g/mol. The van der Waals surface area contributed by atoms with Gasteiger partial charge in [0.25, 0.3) is 0 Å². The summed E-state index contributed by atoms with van der Waals surface area (Å²) in [4.78, 5) is 18.2. The summed E-state index contributed by atoms with van der Waals surface area (Å²) >= 11 is 0. The number of nitrogens with one attached hydrogen (secondary N) is 1. The average Bonchev–Trinajstić information content (AvgIpc) is 2.93. The summed E-state index contributed by atoms with van der Waals surface area (Å²) in [5.74, 6) is 1.92. The molecule has 1 unspecified atom stereocenters. The molecule has 0 aliphatic carbocycles. The third-order valence-electron chi connectivity index (χ3n) is 4.69. The smallest absolute Gasteiger partial charge is 0.308 e. The lowest BCUT2D eigenvalue weighted by molar-refractivity contribution is -0.146. The first-order valence-electron chi connectivity index (χ1n) is 8.44. The molecule has 1 aliphatic rings. The van der Waals surface area contributed by atoms with Crippen molar-refractivity contribution in [1.82, 2.24) is 15.4 Å². The Hall–Kier alpha value is -2.05. The van der Waals surface area contributed by atoms with Gasteiger partial charge >= 0.3 is 5.97 Å². The Bertz CT molecular complexity index is 569. The zero-order valence-corrected chi connectivity index (χ0v) is 15.3. The van der Waals surface area contributed by atoms with Gasteiger partial charge in [0.1, 0.15) is 5.76 Å². The quantitative estimate of drug-likeness (QED) is 0.513. The molecule has 2 heterocycles. The molecule has 0 aromatic carbocycles. The Balaban J connectivity index is 1.88. The van der Waals surface area contributed by atoms with E-state index in [1.807, 2.05) is 13.8 Å². The number of rotatable bonds is 4. The fraction of sp³-hybridized carbons (Fsp3) is 0.706. The molecule has 0 amide bonds. The summed E-state index contributed by atoms with van der Waals surface area (Å²) in [7, 11) is 3.24. The number of esters is 1. The van der Waals surface area contributed by atoms with E-state index in [0.717, 1.165) is 55.5 Å². The van der Waals surface area contributed by atoms with Gasteiger partial charge in [-0.3, -0.25) is 9.79 Å². The summed E-state index contributed by atoms with van der Waals surface area (Å²) in [5.41, 5.74) is 2.10. The van der Waals surface area contributed by atoms with Gasteiger partial charge in [-0.15, -0.1) is 0 Å². The number of piperidine rings is 1. The van der Waals surface area contributed by atoms with E-state index < -0.39 is 0 Å². The summed E-state index contributed by atoms with van der Waals surface area (Å²) < 4.78 is 10.1. The molecule has 0 spiro atoms. The zero-order chi connectivity index (χ0) is 17.7. The predicted molar refractivity (Wildman–Crippen MR) is 92.1 cm³/mol. The number of methoxy groups -OCH3 is 1. The number of nitrogens with zero attached hydrogens (tertiary/aromatic N) is 3. The Labute approximate surface area is 143 Å². The van der Waals surface area contributed by atoms with E-state index in [2.05, 4.69) is 27.3 Å². The molecule has 0 bridgehead atoms. The number of hydrogen-bond donors (Lipinski definition) is 1. The molecular formula is C17H28N4O3. The van der Waals surface area contributed by atoms with Crippen molar-refractivity contribution < 1.29 is 14.1 Å². The van der Waals surface area contributed by atoms with Crippen LogP contribution in [0.3, 0.4) is 0 Å². The second kappa shape index (κ2) is 8.17. The van der Waals surface area contributed by atoms with E-state index in [-0.39, 0.29) is 17.8 Å². The lowest BCUT2D eigenvalue weighted by Crippen LogP contribution is -2.47. The van der Waals surface area contributed by atoms with Crippen molar-refractivity contribution in [2.24, 2.45) is 10.9 Å². The second-order valence-corrected chi connectivity index (χ2v) is 6.35. The summed E-state index contributed by atoms with van der Waals surface area (Å²) in [5, 5.41) is 7.45. The van der Waals surface area contributed by atoms with Crippen LogP contribution >= 0.6 is 0 Å². The molecule has 1 aromatic rings. The van der Waals surface area contributed by atoms with E-state index in [4.69, 9.17) is 9.26 Å². The van der Waals surface area contributed by atoms with E-state index in [9.17, 15) is 4.79 Å². The fourth-order valence-corrected chi connectivity index (χ4v) is 3.37. The van der Waals surface area contributed by atoms with Crippen molar-refractivity contribution in [1.29, 1.82) is 0 Å². The molecule has 24 heavy (non-hydrogen) atoms. The van der Waals surface area contributed by atoms with Crippen LogP contribution in [-0.2, 0) is 9.53 Å². The minimum atomic E-state index is -0.107.